The Kier molecular flexibility index (Phi) is 9.08. The highest BCUT2D eigenvalue weighted by atomic mass is 127. The number of nitrogens with zero attached hydrogens (tertiary/aromatic N) is 4. The van der Waals surface area contributed by atoms with Crippen LogP contribution < -0.4 is 10.0 Å². The number of benzene rings is 1. The number of sulfonamides is 1. The Morgan fingerprint density at radius 3 is 2.66 bits per heavy atom. The summed E-state index contributed by atoms with van der Waals surface area (Å²) in [5.74, 6) is 0.702. The van der Waals surface area contributed by atoms with Crippen LogP contribution in [0.2, 0.25) is 0 Å². The summed E-state index contributed by atoms with van der Waals surface area (Å²) >= 11 is 0. The monoisotopic (exact) mass is 576 g/mol. The molecule has 0 amide bonds. The lowest BCUT2D eigenvalue weighted by Crippen LogP contribution is -2.48. The minimum absolute atomic E-state index is 0. The highest BCUT2D eigenvalue weighted by Crippen LogP contribution is 2.22. The topological polar surface area (TPSA) is 101 Å². The quantitative estimate of drug-likeness (QED) is 0.322. The van der Waals surface area contributed by atoms with Gasteiger partial charge in [-0.1, -0.05) is 18.2 Å². The lowest BCUT2D eigenvalue weighted by Gasteiger charge is -2.34. The average Bonchev–Trinajstić information content (AvgIpc) is 3.14. The van der Waals surface area contributed by atoms with E-state index in [1.54, 1.807) is 23.9 Å². The Morgan fingerprint density at radius 1 is 1.31 bits per heavy atom. The number of rotatable bonds is 5. The van der Waals surface area contributed by atoms with Gasteiger partial charge >= 0.3 is 0 Å². The molecule has 178 valence electrons. The Bertz CT molecular complexity index is 1030. The highest BCUT2D eigenvalue weighted by molar-refractivity contribution is 14.0. The first-order valence-corrected chi connectivity index (χ1v) is 11.7. The van der Waals surface area contributed by atoms with Gasteiger partial charge in [0.25, 0.3) is 0 Å². The van der Waals surface area contributed by atoms with Gasteiger partial charge in [-0.3, -0.25) is 9.67 Å². The summed E-state index contributed by atoms with van der Waals surface area (Å²) in [6.45, 7) is 7.71. The fourth-order valence-corrected chi connectivity index (χ4v) is 5.19. The summed E-state index contributed by atoms with van der Waals surface area (Å²) in [7, 11) is -0.0409. The van der Waals surface area contributed by atoms with Gasteiger partial charge in [0.2, 0.25) is 10.0 Å². The molecule has 0 aliphatic carbocycles. The smallest absolute Gasteiger partial charge is 0.241 e. The third-order valence-corrected chi connectivity index (χ3v) is 6.67. The van der Waals surface area contributed by atoms with E-state index in [1.807, 2.05) is 52.3 Å². The van der Waals surface area contributed by atoms with Crippen molar-refractivity contribution < 1.29 is 13.2 Å². The van der Waals surface area contributed by atoms with E-state index in [1.165, 1.54) is 0 Å². The fourth-order valence-electron chi connectivity index (χ4n) is 3.53. The van der Waals surface area contributed by atoms with Crippen LogP contribution in [0, 0.1) is 0 Å². The number of nitrogens with one attached hydrogen (secondary N) is 2. The van der Waals surface area contributed by atoms with Crippen molar-refractivity contribution in [2.24, 2.45) is 12.0 Å². The first-order valence-electron chi connectivity index (χ1n) is 10.3. The van der Waals surface area contributed by atoms with Crippen molar-refractivity contribution in [3.8, 4) is 0 Å². The first kappa shape index (κ1) is 26.6. The number of hydrogen-bond acceptors (Lipinski definition) is 5. The molecule has 1 aromatic heterocycles. The summed E-state index contributed by atoms with van der Waals surface area (Å²) in [6, 6.07) is 7.01. The van der Waals surface area contributed by atoms with E-state index in [2.05, 4.69) is 25.0 Å². The maximum Gasteiger partial charge on any atom is 0.241 e. The predicted octanol–water partition coefficient (Wildman–Crippen LogP) is 2.26. The lowest BCUT2D eigenvalue weighted by molar-refractivity contribution is -0.00805. The summed E-state index contributed by atoms with van der Waals surface area (Å²) in [5, 5.41) is 7.54. The SMILES string of the molecule is CN=C(NCc1ccccc1S(=O)(=O)NC(C)(C)C)N1CCOC(c2cnn(C)c2)C1.I. The van der Waals surface area contributed by atoms with Crippen LogP contribution in [0.3, 0.4) is 0 Å². The molecule has 1 saturated heterocycles. The number of aryl methyl sites for hydroxylation is 1. The third kappa shape index (κ3) is 6.90. The number of hydrogen-bond donors (Lipinski definition) is 2. The second kappa shape index (κ2) is 10.9. The molecule has 2 aromatic rings. The standard InChI is InChI=1S/C21H32N6O3S.HI/c1-21(2,3)25-31(28,29)19-9-7-6-8-16(19)12-23-20(22-4)27-10-11-30-18(15-27)17-13-24-26(5)14-17;/h6-9,13-14,18,25H,10-12,15H2,1-5H3,(H,22,23);1H. The molecule has 3 rings (SSSR count). The van der Waals surface area contributed by atoms with Crippen LogP contribution in [-0.2, 0) is 28.4 Å². The molecule has 1 aliphatic heterocycles. The van der Waals surface area contributed by atoms with Crippen LogP contribution >= 0.6 is 24.0 Å². The van der Waals surface area contributed by atoms with Crippen LogP contribution in [0.5, 0.6) is 0 Å². The summed E-state index contributed by atoms with van der Waals surface area (Å²) in [5.41, 5.74) is 1.13. The van der Waals surface area contributed by atoms with Crippen molar-refractivity contribution in [2.45, 2.75) is 43.9 Å². The molecular weight excluding hydrogens is 543 g/mol. The molecule has 0 bridgehead atoms. The molecule has 1 atom stereocenters. The molecule has 1 fully saturated rings. The maximum atomic E-state index is 12.9. The van der Waals surface area contributed by atoms with Crippen LogP contribution in [0.25, 0.3) is 0 Å². The number of aliphatic imine (C=N–C) groups is 1. The van der Waals surface area contributed by atoms with Crippen molar-refractivity contribution >= 4 is 40.0 Å². The van der Waals surface area contributed by atoms with E-state index in [9.17, 15) is 8.42 Å². The zero-order valence-corrected chi connectivity index (χ0v) is 22.3. The lowest BCUT2D eigenvalue weighted by atomic mass is 10.1. The number of aromatic nitrogens is 2. The highest BCUT2D eigenvalue weighted by Gasteiger charge is 2.27. The van der Waals surface area contributed by atoms with Crippen molar-refractivity contribution in [1.82, 2.24) is 24.7 Å². The van der Waals surface area contributed by atoms with Gasteiger partial charge in [0.1, 0.15) is 6.10 Å². The number of halogens is 1. The van der Waals surface area contributed by atoms with Crippen LogP contribution in [0.1, 0.15) is 38.0 Å². The van der Waals surface area contributed by atoms with Crippen molar-refractivity contribution in [2.75, 3.05) is 26.7 Å². The zero-order valence-electron chi connectivity index (χ0n) is 19.2. The zero-order chi connectivity index (χ0) is 22.6. The van der Waals surface area contributed by atoms with Crippen LogP contribution in [0.4, 0.5) is 0 Å². The van der Waals surface area contributed by atoms with E-state index in [0.29, 0.717) is 37.8 Å². The summed E-state index contributed by atoms with van der Waals surface area (Å²) < 4.78 is 36.2. The van der Waals surface area contributed by atoms with Crippen LogP contribution in [-0.4, -0.2) is 61.3 Å². The normalized spacial score (nSPS) is 17.7. The second-order valence-electron chi connectivity index (χ2n) is 8.62. The van der Waals surface area contributed by atoms with Gasteiger partial charge in [-0.05, 0) is 32.4 Å². The van der Waals surface area contributed by atoms with Gasteiger partial charge in [0, 0.05) is 44.5 Å². The number of guanidine groups is 1. The minimum atomic E-state index is -3.64. The Hall–Kier alpha value is -1.70. The van der Waals surface area contributed by atoms with E-state index in [4.69, 9.17) is 4.74 Å². The van der Waals surface area contributed by atoms with E-state index in [-0.39, 0.29) is 35.0 Å². The molecule has 1 aliphatic rings. The number of ether oxygens (including phenoxy) is 1. The maximum absolute atomic E-state index is 12.9. The molecule has 1 unspecified atom stereocenters. The second-order valence-corrected chi connectivity index (χ2v) is 10.3. The number of morpholine rings is 1. The molecule has 9 nitrogen and oxygen atoms in total. The van der Waals surface area contributed by atoms with Gasteiger partial charge in [-0.2, -0.15) is 5.10 Å². The average molecular weight is 577 g/mol. The molecule has 2 heterocycles. The molecule has 0 spiro atoms. The molecule has 2 N–H and O–H groups in total. The molecule has 32 heavy (non-hydrogen) atoms. The first-order chi connectivity index (χ1) is 14.6. The van der Waals surface area contributed by atoms with Gasteiger partial charge in [-0.25, -0.2) is 13.1 Å². The van der Waals surface area contributed by atoms with E-state index >= 15 is 0 Å². The molecular formula is C21H33IN6O3S. The van der Waals surface area contributed by atoms with Gasteiger partial charge in [-0.15, -0.1) is 24.0 Å². The van der Waals surface area contributed by atoms with Crippen molar-refractivity contribution in [3.05, 3.63) is 47.8 Å². The van der Waals surface area contributed by atoms with E-state index < -0.39 is 15.6 Å². The summed E-state index contributed by atoms with van der Waals surface area (Å²) in [6.07, 6.45) is 3.67. The largest absolute Gasteiger partial charge is 0.370 e. The molecule has 0 saturated carbocycles. The Balaban J connectivity index is 0.00000363. The van der Waals surface area contributed by atoms with Gasteiger partial charge in [0.05, 0.1) is 24.2 Å². The van der Waals surface area contributed by atoms with Crippen molar-refractivity contribution in [3.63, 3.8) is 0 Å². The predicted molar refractivity (Wildman–Crippen MR) is 136 cm³/mol. The van der Waals surface area contributed by atoms with E-state index in [0.717, 1.165) is 5.56 Å². The Morgan fingerprint density at radius 2 is 2.03 bits per heavy atom. The van der Waals surface area contributed by atoms with Crippen molar-refractivity contribution in [1.29, 1.82) is 0 Å². The molecule has 0 radical (unpaired) electrons. The molecule has 1 aromatic carbocycles. The van der Waals surface area contributed by atoms with Gasteiger partial charge in [0.15, 0.2) is 5.96 Å². The minimum Gasteiger partial charge on any atom is -0.370 e. The van der Waals surface area contributed by atoms with Crippen LogP contribution in [0.15, 0.2) is 46.5 Å². The molecule has 11 heteroatoms. The Labute approximate surface area is 207 Å². The summed E-state index contributed by atoms with van der Waals surface area (Å²) in [4.78, 5) is 6.78. The third-order valence-electron chi connectivity index (χ3n) is 4.81. The van der Waals surface area contributed by atoms with Gasteiger partial charge < -0.3 is 15.0 Å². The fraction of sp³-hybridized carbons (Fsp3) is 0.524.